The van der Waals surface area contributed by atoms with Crippen molar-refractivity contribution in [1.82, 2.24) is 0 Å². The van der Waals surface area contributed by atoms with Gasteiger partial charge >= 0.3 is 0 Å². The molecule has 2 aromatic carbocycles. The Morgan fingerprint density at radius 1 is 1.15 bits per heavy atom. The van der Waals surface area contributed by atoms with E-state index in [2.05, 4.69) is 68.6 Å². The van der Waals surface area contributed by atoms with Crippen molar-refractivity contribution in [2.75, 3.05) is 11.9 Å². The minimum atomic E-state index is 0.227. The van der Waals surface area contributed by atoms with Crippen LogP contribution in [0.3, 0.4) is 0 Å². The molecule has 0 fully saturated rings. The SMILES string of the molecule is Cc1cccc(C2COc3ccc(C(C)C)cc3N2)c1. The summed E-state index contributed by atoms with van der Waals surface area (Å²) < 4.78 is 5.90. The Kier molecular flexibility index (Phi) is 3.39. The number of ether oxygens (including phenoxy) is 1. The highest BCUT2D eigenvalue weighted by atomic mass is 16.5. The lowest BCUT2D eigenvalue weighted by Crippen LogP contribution is -2.24. The Morgan fingerprint density at radius 2 is 2.00 bits per heavy atom. The van der Waals surface area contributed by atoms with Crippen LogP contribution in [0.25, 0.3) is 0 Å². The molecule has 0 saturated carbocycles. The van der Waals surface area contributed by atoms with Gasteiger partial charge in [0.15, 0.2) is 0 Å². The third-order valence-electron chi connectivity index (χ3n) is 3.85. The first kappa shape index (κ1) is 13.0. The highest BCUT2D eigenvalue weighted by Crippen LogP contribution is 2.35. The number of hydrogen-bond acceptors (Lipinski definition) is 2. The molecule has 2 nitrogen and oxygen atoms in total. The van der Waals surface area contributed by atoms with Gasteiger partial charge in [-0.1, -0.05) is 49.7 Å². The fourth-order valence-corrected chi connectivity index (χ4v) is 2.61. The highest BCUT2D eigenvalue weighted by Gasteiger charge is 2.20. The summed E-state index contributed by atoms with van der Waals surface area (Å²) in [5.41, 5.74) is 5.01. The Labute approximate surface area is 120 Å². The van der Waals surface area contributed by atoms with Gasteiger partial charge in [0.25, 0.3) is 0 Å². The molecular weight excluding hydrogens is 246 g/mol. The van der Waals surface area contributed by atoms with E-state index in [-0.39, 0.29) is 6.04 Å². The molecule has 1 unspecified atom stereocenters. The van der Waals surface area contributed by atoms with Crippen LogP contribution in [-0.4, -0.2) is 6.61 Å². The van der Waals surface area contributed by atoms with Gasteiger partial charge in [-0.15, -0.1) is 0 Å². The summed E-state index contributed by atoms with van der Waals surface area (Å²) >= 11 is 0. The first-order valence-corrected chi connectivity index (χ1v) is 7.23. The molecule has 2 aromatic rings. The van der Waals surface area contributed by atoms with E-state index in [1.165, 1.54) is 16.7 Å². The molecule has 1 atom stereocenters. The number of benzene rings is 2. The average molecular weight is 267 g/mol. The lowest BCUT2D eigenvalue weighted by Gasteiger charge is -2.28. The van der Waals surface area contributed by atoms with Crippen LogP contribution in [0.15, 0.2) is 42.5 Å². The summed E-state index contributed by atoms with van der Waals surface area (Å²) in [5, 5.41) is 3.61. The molecule has 0 bridgehead atoms. The summed E-state index contributed by atoms with van der Waals surface area (Å²) in [6.45, 7) is 7.22. The topological polar surface area (TPSA) is 21.3 Å². The van der Waals surface area contributed by atoms with Crippen molar-refractivity contribution < 1.29 is 4.74 Å². The summed E-state index contributed by atoms with van der Waals surface area (Å²) in [7, 11) is 0. The van der Waals surface area contributed by atoms with Crippen LogP contribution in [0.1, 0.15) is 42.5 Å². The number of hydrogen-bond donors (Lipinski definition) is 1. The summed E-state index contributed by atoms with van der Waals surface area (Å²) in [6, 6.07) is 15.3. The molecule has 20 heavy (non-hydrogen) atoms. The molecular formula is C18H21NO. The quantitative estimate of drug-likeness (QED) is 0.854. The second-order valence-electron chi connectivity index (χ2n) is 5.83. The molecule has 0 amide bonds. The predicted molar refractivity (Wildman–Crippen MR) is 83.6 cm³/mol. The molecule has 3 rings (SSSR count). The van der Waals surface area contributed by atoms with Gasteiger partial charge < -0.3 is 10.1 Å². The maximum absolute atomic E-state index is 5.90. The predicted octanol–water partition coefficient (Wildman–Crippen LogP) is 4.66. The standard InChI is InChI=1S/C18H21NO/c1-12(2)14-7-8-18-16(10-14)19-17(11-20-18)15-6-4-5-13(3)9-15/h4-10,12,17,19H,11H2,1-3H3. The van der Waals surface area contributed by atoms with Crippen molar-refractivity contribution in [3.05, 3.63) is 59.2 Å². The van der Waals surface area contributed by atoms with E-state index in [0.29, 0.717) is 12.5 Å². The Balaban J connectivity index is 1.89. The van der Waals surface area contributed by atoms with E-state index in [9.17, 15) is 0 Å². The Bertz CT molecular complexity index is 619. The van der Waals surface area contributed by atoms with E-state index in [1.807, 2.05) is 0 Å². The normalized spacial score (nSPS) is 17.3. The van der Waals surface area contributed by atoms with Crippen molar-refractivity contribution in [3.63, 3.8) is 0 Å². The van der Waals surface area contributed by atoms with Crippen LogP contribution in [-0.2, 0) is 0 Å². The van der Waals surface area contributed by atoms with Crippen molar-refractivity contribution in [2.24, 2.45) is 0 Å². The second-order valence-corrected chi connectivity index (χ2v) is 5.83. The number of aryl methyl sites for hydroxylation is 1. The molecule has 0 aromatic heterocycles. The number of anilines is 1. The van der Waals surface area contributed by atoms with Crippen LogP contribution < -0.4 is 10.1 Å². The summed E-state index contributed by atoms with van der Waals surface area (Å²) in [4.78, 5) is 0. The average Bonchev–Trinajstić information content (AvgIpc) is 2.46. The smallest absolute Gasteiger partial charge is 0.142 e. The van der Waals surface area contributed by atoms with Crippen molar-refractivity contribution in [3.8, 4) is 5.75 Å². The van der Waals surface area contributed by atoms with Gasteiger partial charge in [0.2, 0.25) is 0 Å². The molecule has 0 saturated heterocycles. The molecule has 1 heterocycles. The van der Waals surface area contributed by atoms with Gasteiger partial charge in [0, 0.05) is 0 Å². The molecule has 0 spiro atoms. The van der Waals surface area contributed by atoms with Gasteiger partial charge in [-0.05, 0) is 36.1 Å². The Hall–Kier alpha value is -1.96. The molecule has 0 radical (unpaired) electrons. The lowest BCUT2D eigenvalue weighted by atomic mass is 10.00. The van der Waals surface area contributed by atoms with Crippen molar-refractivity contribution >= 4 is 5.69 Å². The highest BCUT2D eigenvalue weighted by molar-refractivity contribution is 5.61. The van der Waals surface area contributed by atoms with Crippen LogP contribution in [0, 0.1) is 6.92 Å². The third kappa shape index (κ3) is 2.51. The number of nitrogens with one attached hydrogen (secondary N) is 1. The van der Waals surface area contributed by atoms with Crippen LogP contribution >= 0.6 is 0 Å². The monoisotopic (exact) mass is 267 g/mol. The van der Waals surface area contributed by atoms with E-state index in [1.54, 1.807) is 0 Å². The molecule has 0 aliphatic carbocycles. The Morgan fingerprint density at radius 3 is 2.75 bits per heavy atom. The third-order valence-corrected chi connectivity index (χ3v) is 3.85. The zero-order valence-electron chi connectivity index (χ0n) is 12.3. The van der Waals surface area contributed by atoms with E-state index < -0.39 is 0 Å². The maximum atomic E-state index is 5.90. The van der Waals surface area contributed by atoms with Gasteiger partial charge in [0.1, 0.15) is 12.4 Å². The minimum Gasteiger partial charge on any atom is -0.489 e. The first-order valence-electron chi connectivity index (χ1n) is 7.23. The van der Waals surface area contributed by atoms with Gasteiger partial charge in [-0.25, -0.2) is 0 Å². The van der Waals surface area contributed by atoms with Crippen molar-refractivity contribution in [2.45, 2.75) is 32.7 Å². The summed E-state index contributed by atoms with van der Waals surface area (Å²) in [6.07, 6.45) is 0. The molecule has 104 valence electrons. The second kappa shape index (κ2) is 5.20. The molecule has 1 N–H and O–H groups in total. The minimum absolute atomic E-state index is 0.227. The number of fused-ring (bicyclic) bond motifs is 1. The van der Waals surface area contributed by atoms with Crippen LogP contribution in [0.2, 0.25) is 0 Å². The molecule has 2 heteroatoms. The van der Waals surface area contributed by atoms with Gasteiger partial charge in [-0.2, -0.15) is 0 Å². The zero-order valence-corrected chi connectivity index (χ0v) is 12.3. The first-order chi connectivity index (χ1) is 9.63. The van der Waals surface area contributed by atoms with Gasteiger partial charge in [-0.3, -0.25) is 0 Å². The van der Waals surface area contributed by atoms with Gasteiger partial charge in [0.05, 0.1) is 11.7 Å². The molecule has 1 aliphatic heterocycles. The lowest BCUT2D eigenvalue weighted by molar-refractivity contribution is 0.286. The van der Waals surface area contributed by atoms with Crippen molar-refractivity contribution in [1.29, 1.82) is 0 Å². The van der Waals surface area contributed by atoms with Crippen LogP contribution in [0.4, 0.5) is 5.69 Å². The maximum Gasteiger partial charge on any atom is 0.142 e. The van der Waals surface area contributed by atoms with E-state index >= 15 is 0 Å². The van der Waals surface area contributed by atoms with Crippen LogP contribution in [0.5, 0.6) is 5.75 Å². The summed E-state index contributed by atoms with van der Waals surface area (Å²) in [5.74, 6) is 1.49. The zero-order chi connectivity index (χ0) is 14.1. The molecule has 1 aliphatic rings. The fourth-order valence-electron chi connectivity index (χ4n) is 2.61. The fraction of sp³-hybridized carbons (Fsp3) is 0.333. The van der Waals surface area contributed by atoms with E-state index in [4.69, 9.17) is 4.74 Å². The largest absolute Gasteiger partial charge is 0.489 e. The number of rotatable bonds is 2. The van der Waals surface area contributed by atoms with E-state index in [0.717, 1.165) is 11.4 Å².